The Kier molecular flexibility index (Phi) is 4.33. The second-order valence-electron chi connectivity index (χ2n) is 5.14. The third-order valence-electron chi connectivity index (χ3n) is 3.69. The molecule has 114 valence electrons. The molecule has 21 heavy (non-hydrogen) atoms. The van der Waals surface area contributed by atoms with Crippen LogP contribution in [0.1, 0.15) is 23.5 Å². The lowest BCUT2D eigenvalue weighted by molar-refractivity contribution is -0.0165. The Labute approximate surface area is 123 Å². The van der Waals surface area contributed by atoms with Crippen LogP contribution in [0.25, 0.3) is 0 Å². The van der Waals surface area contributed by atoms with Gasteiger partial charge >= 0.3 is 0 Å². The molecule has 1 aliphatic rings. The summed E-state index contributed by atoms with van der Waals surface area (Å²) in [6, 6.07) is 4.38. The van der Waals surface area contributed by atoms with Crippen molar-refractivity contribution in [3.8, 4) is 0 Å². The first-order valence-corrected chi connectivity index (χ1v) is 7.01. The number of morpholine rings is 1. The maximum Gasteiger partial charge on any atom is 0.252 e. The highest BCUT2D eigenvalue weighted by atomic mass is 16.5. The zero-order valence-electron chi connectivity index (χ0n) is 12.4. The van der Waals surface area contributed by atoms with Crippen molar-refractivity contribution in [3.63, 3.8) is 0 Å². The molecule has 1 atom stereocenters. The summed E-state index contributed by atoms with van der Waals surface area (Å²) < 4.78 is 17.9. The van der Waals surface area contributed by atoms with Crippen molar-refractivity contribution in [1.29, 1.82) is 0 Å². The van der Waals surface area contributed by atoms with Crippen LogP contribution in [0.3, 0.4) is 0 Å². The fourth-order valence-electron chi connectivity index (χ4n) is 2.64. The van der Waals surface area contributed by atoms with E-state index in [-0.39, 0.29) is 6.04 Å². The fourth-order valence-corrected chi connectivity index (χ4v) is 2.64. The number of aryl methyl sites for hydroxylation is 1. The molecule has 0 aromatic carbocycles. The molecule has 3 heterocycles. The van der Waals surface area contributed by atoms with Crippen molar-refractivity contribution in [2.24, 2.45) is 7.05 Å². The lowest BCUT2D eigenvalue weighted by atomic mass is 10.1. The number of aromatic nitrogens is 3. The average Bonchev–Trinajstić information content (AvgIpc) is 3.09. The van der Waals surface area contributed by atoms with Crippen LogP contribution in [-0.4, -0.2) is 46.5 Å². The second-order valence-corrected chi connectivity index (χ2v) is 5.14. The monoisotopic (exact) mass is 292 g/mol. The molecule has 2 aromatic heterocycles. The van der Waals surface area contributed by atoms with Crippen molar-refractivity contribution >= 4 is 0 Å². The molecule has 0 spiro atoms. The van der Waals surface area contributed by atoms with Gasteiger partial charge in [0.05, 0.1) is 25.8 Å². The minimum absolute atomic E-state index is 0.211. The highest BCUT2D eigenvalue weighted by Gasteiger charge is 2.27. The molecule has 0 unspecified atom stereocenters. The van der Waals surface area contributed by atoms with Gasteiger partial charge in [0.25, 0.3) is 5.89 Å². The summed E-state index contributed by atoms with van der Waals surface area (Å²) in [5.74, 6) is 1.19. The van der Waals surface area contributed by atoms with Gasteiger partial charge in [-0.2, -0.15) is 4.98 Å². The number of hydrogen-bond acceptors (Lipinski definition) is 6. The van der Waals surface area contributed by atoms with Crippen LogP contribution in [0.2, 0.25) is 0 Å². The van der Waals surface area contributed by atoms with Crippen LogP contribution in [0.5, 0.6) is 0 Å². The van der Waals surface area contributed by atoms with E-state index in [9.17, 15) is 0 Å². The van der Waals surface area contributed by atoms with Crippen LogP contribution < -0.4 is 0 Å². The fraction of sp³-hybridized carbons (Fsp3) is 0.571. The van der Waals surface area contributed by atoms with Gasteiger partial charge in [-0.25, -0.2) is 0 Å². The molecule has 7 nitrogen and oxygen atoms in total. The maximum absolute atomic E-state index is 5.63. The molecule has 7 heteroatoms. The molecule has 0 bridgehead atoms. The average molecular weight is 292 g/mol. The predicted octanol–water partition coefficient (Wildman–Crippen LogP) is 1.13. The van der Waals surface area contributed by atoms with Gasteiger partial charge in [0.15, 0.2) is 5.82 Å². The molecule has 0 aliphatic carbocycles. The third-order valence-corrected chi connectivity index (χ3v) is 3.69. The minimum atomic E-state index is 0.211. The van der Waals surface area contributed by atoms with Gasteiger partial charge in [-0.15, -0.1) is 0 Å². The number of methoxy groups -OCH3 is 1. The molecule has 0 saturated carbocycles. The third kappa shape index (κ3) is 3.15. The Morgan fingerprint density at radius 3 is 3.14 bits per heavy atom. The summed E-state index contributed by atoms with van der Waals surface area (Å²) in [5.41, 5.74) is 1.23. The van der Waals surface area contributed by atoms with E-state index in [0.717, 1.165) is 13.2 Å². The van der Waals surface area contributed by atoms with Crippen LogP contribution in [0.4, 0.5) is 0 Å². The molecule has 3 rings (SSSR count). The van der Waals surface area contributed by atoms with Gasteiger partial charge in [0.2, 0.25) is 0 Å². The molecule has 2 aromatic rings. The van der Waals surface area contributed by atoms with E-state index in [2.05, 4.69) is 25.7 Å². The van der Waals surface area contributed by atoms with Crippen molar-refractivity contribution in [3.05, 3.63) is 35.7 Å². The largest absolute Gasteiger partial charge is 0.378 e. The second kappa shape index (κ2) is 6.38. The maximum atomic E-state index is 5.63. The number of nitrogens with zero attached hydrogens (tertiary/aromatic N) is 4. The van der Waals surface area contributed by atoms with Crippen molar-refractivity contribution in [2.75, 3.05) is 26.9 Å². The summed E-state index contributed by atoms with van der Waals surface area (Å²) in [5, 5.41) is 4.01. The number of rotatable bonds is 5. The van der Waals surface area contributed by atoms with E-state index in [1.54, 1.807) is 7.11 Å². The first-order chi connectivity index (χ1) is 10.3. The van der Waals surface area contributed by atoms with Gasteiger partial charge in [-0.1, -0.05) is 5.16 Å². The normalized spacial score (nSPS) is 20.0. The number of ether oxygens (including phenoxy) is 2. The molecule has 0 radical (unpaired) electrons. The Balaban J connectivity index is 1.73. The highest BCUT2D eigenvalue weighted by molar-refractivity contribution is 5.13. The Hall–Kier alpha value is -1.70. The van der Waals surface area contributed by atoms with Gasteiger partial charge in [-0.05, 0) is 12.1 Å². The molecule has 0 amide bonds. The molecule has 1 aliphatic heterocycles. The zero-order valence-corrected chi connectivity index (χ0v) is 12.4. The van der Waals surface area contributed by atoms with Crippen LogP contribution in [-0.2, 0) is 29.7 Å². The van der Waals surface area contributed by atoms with Crippen molar-refractivity contribution in [2.45, 2.75) is 19.2 Å². The van der Waals surface area contributed by atoms with Crippen LogP contribution in [0.15, 0.2) is 22.9 Å². The summed E-state index contributed by atoms with van der Waals surface area (Å²) in [4.78, 5) is 6.66. The SMILES string of the molecule is COCc1nc(CN2CCOC[C@@H]2c2cccn2C)no1. The smallest absolute Gasteiger partial charge is 0.252 e. The van der Waals surface area contributed by atoms with Gasteiger partial charge in [-0.3, -0.25) is 4.90 Å². The Morgan fingerprint density at radius 1 is 1.48 bits per heavy atom. The van der Waals surface area contributed by atoms with E-state index < -0.39 is 0 Å². The predicted molar refractivity (Wildman–Crippen MR) is 74.4 cm³/mol. The standard InChI is InChI=1S/C14H20N4O3/c1-17-5-3-4-11(17)12-9-20-7-6-18(12)8-13-15-14(10-19-2)21-16-13/h3-5,12H,6-10H2,1-2H3/t12-/m1/s1. The van der Waals surface area contributed by atoms with Crippen molar-refractivity contribution < 1.29 is 14.0 Å². The van der Waals surface area contributed by atoms with Crippen LogP contribution in [0, 0.1) is 0 Å². The lowest BCUT2D eigenvalue weighted by Crippen LogP contribution is -2.40. The first-order valence-electron chi connectivity index (χ1n) is 7.01. The highest BCUT2D eigenvalue weighted by Crippen LogP contribution is 2.25. The van der Waals surface area contributed by atoms with E-state index in [1.165, 1.54) is 5.69 Å². The summed E-state index contributed by atoms with van der Waals surface area (Å²) >= 11 is 0. The Bertz CT molecular complexity index is 580. The van der Waals surface area contributed by atoms with E-state index >= 15 is 0 Å². The summed E-state index contributed by atoms with van der Waals surface area (Å²) in [6.45, 7) is 3.25. The molecular formula is C14H20N4O3. The van der Waals surface area contributed by atoms with Crippen LogP contribution >= 0.6 is 0 Å². The zero-order chi connectivity index (χ0) is 14.7. The van der Waals surface area contributed by atoms with E-state index in [1.807, 2.05) is 19.3 Å². The lowest BCUT2D eigenvalue weighted by Gasteiger charge is -2.35. The van der Waals surface area contributed by atoms with Crippen molar-refractivity contribution in [1.82, 2.24) is 19.6 Å². The first kappa shape index (κ1) is 14.2. The van der Waals surface area contributed by atoms with Gasteiger partial charge < -0.3 is 18.6 Å². The molecule has 1 fully saturated rings. The van der Waals surface area contributed by atoms with E-state index in [4.69, 9.17) is 14.0 Å². The molecule has 0 N–H and O–H groups in total. The quantitative estimate of drug-likeness (QED) is 0.823. The Morgan fingerprint density at radius 2 is 2.38 bits per heavy atom. The summed E-state index contributed by atoms with van der Waals surface area (Å²) in [6.07, 6.45) is 2.05. The van der Waals surface area contributed by atoms with Gasteiger partial charge in [0, 0.05) is 32.6 Å². The topological polar surface area (TPSA) is 65.6 Å². The summed E-state index contributed by atoms with van der Waals surface area (Å²) in [7, 11) is 3.66. The van der Waals surface area contributed by atoms with Gasteiger partial charge in [0.1, 0.15) is 6.61 Å². The molecular weight excluding hydrogens is 272 g/mol. The van der Waals surface area contributed by atoms with E-state index in [0.29, 0.717) is 31.5 Å². The number of hydrogen-bond donors (Lipinski definition) is 0. The molecule has 1 saturated heterocycles. The minimum Gasteiger partial charge on any atom is -0.378 e.